The molecule has 0 atom stereocenters. The van der Waals surface area contributed by atoms with Gasteiger partial charge in [0, 0.05) is 24.7 Å². The van der Waals surface area contributed by atoms with Crippen LogP contribution in [0.15, 0.2) is 35.6 Å². The molecule has 2 aliphatic heterocycles. The number of fused-ring (bicyclic) bond motifs is 1. The third-order valence-electron chi connectivity index (χ3n) is 4.69. The first kappa shape index (κ1) is 16.1. The number of hydrogen-bond acceptors (Lipinski definition) is 5. The maximum Gasteiger partial charge on any atom is 0.132 e. The summed E-state index contributed by atoms with van der Waals surface area (Å²) in [5.74, 6) is 1.89. The van der Waals surface area contributed by atoms with Crippen molar-refractivity contribution in [1.29, 1.82) is 0 Å². The summed E-state index contributed by atoms with van der Waals surface area (Å²) in [4.78, 5) is 16.1. The Balaban J connectivity index is 1.64. The molecule has 1 aromatic carbocycles. The highest BCUT2D eigenvalue weighted by Crippen LogP contribution is 2.28. The van der Waals surface area contributed by atoms with Gasteiger partial charge in [-0.1, -0.05) is 6.07 Å². The summed E-state index contributed by atoms with van der Waals surface area (Å²) in [5, 5.41) is 0. The van der Waals surface area contributed by atoms with Crippen molar-refractivity contribution in [3.8, 4) is 5.75 Å². The molecule has 2 aliphatic rings. The molecule has 0 N–H and O–H groups in total. The van der Waals surface area contributed by atoms with Crippen LogP contribution in [-0.4, -0.2) is 34.9 Å². The van der Waals surface area contributed by atoms with E-state index in [0.29, 0.717) is 6.54 Å². The third kappa shape index (κ3) is 3.36. The predicted molar refractivity (Wildman–Crippen MR) is 99.6 cm³/mol. The zero-order valence-corrected chi connectivity index (χ0v) is 14.9. The largest absolute Gasteiger partial charge is 0.491 e. The zero-order valence-electron chi connectivity index (χ0n) is 14.9. The lowest BCUT2D eigenvalue weighted by Gasteiger charge is -2.27. The van der Waals surface area contributed by atoms with E-state index in [2.05, 4.69) is 33.1 Å². The van der Waals surface area contributed by atoms with E-state index in [9.17, 15) is 0 Å². The van der Waals surface area contributed by atoms with Gasteiger partial charge in [0.15, 0.2) is 0 Å². The summed E-state index contributed by atoms with van der Waals surface area (Å²) in [7, 11) is 0. The lowest BCUT2D eigenvalue weighted by atomic mass is 10.0. The van der Waals surface area contributed by atoms with Crippen molar-refractivity contribution in [2.45, 2.75) is 45.8 Å². The molecule has 0 spiro atoms. The standard InChI is InChI=1S/C20H24N4O/c1-14(2)25-16-7-6-15-12-21-20(17(15)10-16)18-11-19(23-13-22-18)24-8-4-3-5-9-24/h6-7,10-11,13-14H,3-5,8-9,12H2,1-2H3. The van der Waals surface area contributed by atoms with Crippen molar-refractivity contribution < 1.29 is 4.74 Å². The first-order chi connectivity index (χ1) is 12.2. The molecule has 25 heavy (non-hydrogen) atoms. The highest BCUT2D eigenvalue weighted by atomic mass is 16.5. The van der Waals surface area contributed by atoms with Crippen LogP contribution in [0.1, 0.15) is 49.9 Å². The van der Waals surface area contributed by atoms with Gasteiger partial charge in [0.2, 0.25) is 0 Å². The minimum atomic E-state index is 0.157. The minimum absolute atomic E-state index is 0.157. The van der Waals surface area contributed by atoms with Crippen LogP contribution < -0.4 is 9.64 Å². The van der Waals surface area contributed by atoms with Gasteiger partial charge in [0.25, 0.3) is 0 Å². The smallest absolute Gasteiger partial charge is 0.132 e. The van der Waals surface area contributed by atoms with E-state index >= 15 is 0 Å². The Morgan fingerprint density at radius 1 is 1.04 bits per heavy atom. The second kappa shape index (κ2) is 6.82. The van der Waals surface area contributed by atoms with Crippen LogP contribution in [0.2, 0.25) is 0 Å². The maximum atomic E-state index is 5.85. The number of nitrogens with zero attached hydrogens (tertiary/aromatic N) is 4. The van der Waals surface area contributed by atoms with Crippen LogP contribution in [0.4, 0.5) is 5.82 Å². The Morgan fingerprint density at radius 2 is 1.88 bits per heavy atom. The highest BCUT2D eigenvalue weighted by molar-refractivity contribution is 6.14. The van der Waals surface area contributed by atoms with Crippen LogP contribution in [-0.2, 0) is 6.54 Å². The summed E-state index contributed by atoms with van der Waals surface area (Å²) in [5.41, 5.74) is 4.20. The lowest BCUT2D eigenvalue weighted by Crippen LogP contribution is -2.30. The minimum Gasteiger partial charge on any atom is -0.491 e. The summed E-state index contributed by atoms with van der Waals surface area (Å²) in [6, 6.07) is 8.30. The van der Waals surface area contributed by atoms with Crippen molar-refractivity contribution in [3.63, 3.8) is 0 Å². The molecule has 1 saturated heterocycles. The molecular weight excluding hydrogens is 312 g/mol. The summed E-state index contributed by atoms with van der Waals surface area (Å²) in [6.45, 7) is 6.93. The van der Waals surface area contributed by atoms with E-state index in [-0.39, 0.29) is 6.10 Å². The molecule has 5 heteroatoms. The molecule has 0 saturated carbocycles. The Labute approximate surface area is 148 Å². The molecule has 3 heterocycles. The molecule has 5 nitrogen and oxygen atoms in total. The molecule has 4 rings (SSSR count). The average molecular weight is 336 g/mol. The lowest BCUT2D eigenvalue weighted by molar-refractivity contribution is 0.242. The van der Waals surface area contributed by atoms with Crippen molar-refractivity contribution in [1.82, 2.24) is 9.97 Å². The van der Waals surface area contributed by atoms with Crippen molar-refractivity contribution in [3.05, 3.63) is 47.4 Å². The number of anilines is 1. The molecule has 2 aromatic rings. The topological polar surface area (TPSA) is 50.6 Å². The number of aromatic nitrogens is 2. The quantitative estimate of drug-likeness (QED) is 0.856. The van der Waals surface area contributed by atoms with Crippen molar-refractivity contribution in [2.24, 2.45) is 4.99 Å². The molecule has 1 fully saturated rings. The van der Waals surface area contributed by atoms with E-state index in [1.54, 1.807) is 6.33 Å². The fourth-order valence-corrected chi connectivity index (χ4v) is 3.50. The van der Waals surface area contributed by atoms with Gasteiger partial charge >= 0.3 is 0 Å². The molecule has 0 aliphatic carbocycles. The first-order valence-corrected chi connectivity index (χ1v) is 9.12. The maximum absolute atomic E-state index is 5.85. The van der Waals surface area contributed by atoms with Gasteiger partial charge in [-0.3, -0.25) is 4.99 Å². The fraction of sp³-hybridized carbons (Fsp3) is 0.450. The van der Waals surface area contributed by atoms with Gasteiger partial charge in [0.1, 0.15) is 17.9 Å². The van der Waals surface area contributed by atoms with Crippen LogP contribution in [0.3, 0.4) is 0 Å². The van der Waals surface area contributed by atoms with Crippen LogP contribution in [0.5, 0.6) is 5.75 Å². The van der Waals surface area contributed by atoms with E-state index in [1.165, 1.54) is 24.8 Å². The second-order valence-corrected chi connectivity index (χ2v) is 6.96. The Morgan fingerprint density at radius 3 is 2.68 bits per heavy atom. The Hall–Kier alpha value is -2.43. The van der Waals surface area contributed by atoms with Crippen LogP contribution in [0.25, 0.3) is 0 Å². The molecule has 1 aromatic heterocycles. The third-order valence-corrected chi connectivity index (χ3v) is 4.69. The number of hydrogen-bond donors (Lipinski definition) is 0. The van der Waals surface area contributed by atoms with Gasteiger partial charge in [-0.15, -0.1) is 0 Å². The first-order valence-electron chi connectivity index (χ1n) is 9.12. The molecule has 0 unspecified atom stereocenters. The van der Waals surface area contributed by atoms with Gasteiger partial charge in [-0.05, 0) is 50.8 Å². The average Bonchev–Trinajstić information content (AvgIpc) is 3.05. The zero-order chi connectivity index (χ0) is 17.2. The fourth-order valence-electron chi connectivity index (χ4n) is 3.50. The number of rotatable bonds is 4. The normalized spacial score (nSPS) is 16.8. The van der Waals surface area contributed by atoms with E-state index in [4.69, 9.17) is 9.73 Å². The van der Waals surface area contributed by atoms with Crippen LogP contribution >= 0.6 is 0 Å². The van der Waals surface area contributed by atoms with Crippen molar-refractivity contribution in [2.75, 3.05) is 18.0 Å². The molecular formula is C20H24N4O. The van der Waals surface area contributed by atoms with E-state index < -0.39 is 0 Å². The van der Waals surface area contributed by atoms with Gasteiger partial charge < -0.3 is 9.64 Å². The molecule has 0 amide bonds. The second-order valence-electron chi connectivity index (χ2n) is 6.96. The number of ether oxygens (including phenoxy) is 1. The molecule has 0 bridgehead atoms. The van der Waals surface area contributed by atoms with Gasteiger partial charge in [-0.25, -0.2) is 9.97 Å². The van der Waals surface area contributed by atoms with Gasteiger partial charge in [0.05, 0.1) is 24.1 Å². The number of piperidine rings is 1. The van der Waals surface area contributed by atoms with E-state index in [1.807, 2.05) is 19.9 Å². The summed E-state index contributed by atoms with van der Waals surface area (Å²) < 4.78 is 5.85. The Bertz CT molecular complexity index is 794. The summed E-state index contributed by atoms with van der Waals surface area (Å²) >= 11 is 0. The van der Waals surface area contributed by atoms with Gasteiger partial charge in [-0.2, -0.15) is 0 Å². The van der Waals surface area contributed by atoms with Crippen molar-refractivity contribution >= 4 is 11.5 Å². The Kier molecular flexibility index (Phi) is 4.38. The monoisotopic (exact) mass is 336 g/mol. The number of benzene rings is 1. The SMILES string of the molecule is CC(C)Oc1ccc2c(c1)C(c1cc(N3CCCCC3)ncn1)=NC2. The summed E-state index contributed by atoms with van der Waals surface area (Å²) in [6.07, 6.45) is 5.60. The number of aliphatic imine (C=N–C) groups is 1. The van der Waals surface area contributed by atoms with Crippen LogP contribution in [0, 0.1) is 0 Å². The highest BCUT2D eigenvalue weighted by Gasteiger charge is 2.21. The van der Waals surface area contributed by atoms with E-state index in [0.717, 1.165) is 41.6 Å². The molecule has 0 radical (unpaired) electrons. The molecule has 130 valence electrons. The predicted octanol–water partition coefficient (Wildman–Crippen LogP) is 3.61.